The molecule has 0 fully saturated rings. The maximum absolute atomic E-state index is 11.5. The molecule has 1 rings (SSSR count). The van der Waals surface area contributed by atoms with Gasteiger partial charge in [-0.3, -0.25) is 4.79 Å². The van der Waals surface area contributed by atoms with E-state index in [-0.39, 0.29) is 13.0 Å². The average Bonchev–Trinajstić information content (AvgIpc) is 2.25. The predicted octanol–water partition coefficient (Wildman–Crippen LogP) is 2.35. The zero-order chi connectivity index (χ0) is 12.8. The SMILES string of the molecule is CN(CCC(=O)O)C(=O)Oc1cccc(Br)c1. The van der Waals surface area contributed by atoms with Gasteiger partial charge >= 0.3 is 12.1 Å². The lowest BCUT2D eigenvalue weighted by molar-refractivity contribution is -0.137. The van der Waals surface area contributed by atoms with E-state index >= 15 is 0 Å². The Kier molecular flexibility index (Phi) is 4.96. The lowest BCUT2D eigenvalue weighted by Crippen LogP contribution is -2.31. The number of rotatable bonds is 4. The van der Waals surface area contributed by atoms with Gasteiger partial charge in [0.05, 0.1) is 6.42 Å². The van der Waals surface area contributed by atoms with Gasteiger partial charge in [-0.05, 0) is 18.2 Å². The average molecular weight is 302 g/mol. The molecule has 1 aromatic rings. The van der Waals surface area contributed by atoms with Crippen molar-refractivity contribution in [1.82, 2.24) is 4.90 Å². The third kappa shape index (κ3) is 4.86. The van der Waals surface area contributed by atoms with Gasteiger partial charge in [-0.15, -0.1) is 0 Å². The van der Waals surface area contributed by atoms with Crippen LogP contribution < -0.4 is 4.74 Å². The number of carboxylic acids is 1. The minimum Gasteiger partial charge on any atom is -0.481 e. The van der Waals surface area contributed by atoms with Crippen LogP contribution in [-0.4, -0.2) is 35.7 Å². The first-order chi connectivity index (χ1) is 7.99. The lowest BCUT2D eigenvalue weighted by atomic mass is 10.3. The molecule has 1 amide bonds. The molecule has 0 spiro atoms. The van der Waals surface area contributed by atoms with Gasteiger partial charge in [-0.25, -0.2) is 4.79 Å². The van der Waals surface area contributed by atoms with Crippen molar-refractivity contribution in [3.8, 4) is 5.75 Å². The van der Waals surface area contributed by atoms with Crippen LogP contribution in [-0.2, 0) is 4.79 Å². The first-order valence-corrected chi connectivity index (χ1v) is 5.68. The Labute approximate surface area is 107 Å². The van der Waals surface area contributed by atoms with Crippen molar-refractivity contribution < 1.29 is 19.4 Å². The largest absolute Gasteiger partial charge is 0.481 e. The van der Waals surface area contributed by atoms with Gasteiger partial charge in [0.15, 0.2) is 0 Å². The van der Waals surface area contributed by atoms with E-state index in [1.54, 1.807) is 18.2 Å². The van der Waals surface area contributed by atoms with E-state index in [0.29, 0.717) is 5.75 Å². The molecule has 1 N–H and O–H groups in total. The Morgan fingerprint density at radius 3 is 2.76 bits per heavy atom. The van der Waals surface area contributed by atoms with Crippen molar-refractivity contribution >= 4 is 28.0 Å². The summed E-state index contributed by atoms with van der Waals surface area (Å²) >= 11 is 3.26. The minimum atomic E-state index is -0.952. The minimum absolute atomic E-state index is 0.107. The molecular weight excluding hydrogens is 290 g/mol. The van der Waals surface area contributed by atoms with Crippen LogP contribution in [0.1, 0.15) is 6.42 Å². The molecule has 0 aromatic heterocycles. The maximum Gasteiger partial charge on any atom is 0.414 e. The smallest absolute Gasteiger partial charge is 0.414 e. The third-order valence-electron chi connectivity index (χ3n) is 1.97. The molecule has 1 aromatic carbocycles. The van der Waals surface area contributed by atoms with Crippen molar-refractivity contribution in [2.45, 2.75) is 6.42 Å². The molecule has 17 heavy (non-hydrogen) atoms. The zero-order valence-corrected chi connectivity index (χ0v) is 10.8. The highest BCUT2D eigenvalue weighted by Crippen LogP contribution is 2.18. The van der Waals surface area contributed by atoms with Crippen LogP contribution in [0.2, 0.25) is 0 Å². The van der Waals surface area contributed by atoms with Gasteiger partial charge in [0.25, 0.3) is 0 Å². The molecule has 0 radical (unpaired) electrons. The van der Waals surface area contributed by atoms with Crippen LogP contribution in [0.25, 0.3) is 0 Å². The molecule has 0 heterocycles. The quantitative estimate of drug-likeness (QED) is 0.927. The van der Waals surface area contributed by atoms with Crippen LogP contribution >= 0.6 is 15.9 Å². The summed E-state index contributed by atoms with van der Waals surface area (Å²) in [6.45, 7) is 0.113. The second-order valence-corrected chi connectivity index (χ2v) is 4.31. The van der Waals surface area contributed by atoms with Crippen LogP contribution in [0, 0.1) is 0 Å². The van der Waals surface area contributed by atoms with Crippen molar-refractivity contribution in [2.24, 2.45) is 0 Å². The van der Waals surface area contributed by atoms with Gasteiger partial charge in [0, 0.05) is 18.1 Å². The fourth-order valence-electron chi connectivity index (χ4n) is 1.06. The predicted molar refractivity (Wildman–Crippen MR) is 65.0 cm³/mol. The van der Waals surface area contributed by atoms with E-state index in [0.717, 1.165) is 4.47 Å². The molecule has 0 unspecified atom stereocenters. The Balaban J connectivity index is 2.51. The fourth-order valence-corrected chi connectivity index (χ4v) is 1.44. The topological polar surface area (TPSA) is 66.8 Å². The lowest BCUT2D eigenvalue weighted by Gasteiger charge is -2.15. The summed E-state index contributed by atoms with van der Waals surface area (Å²) in [7, 11) is 1.49. The number of aliphatic carboxylic acids is 1. The monoisotopic (exact) mass is 301 g/mol. The first-order valence-electron chi connectivity index (χ1n) is 4.89. The Bertz CT molecular complexity index is 422. The van der Waals surface area contributed by atoms with E-state index in [1.807, 2.05) is 6.07 Å². The van der Waals surface area contributed by atoms with Gasteiger partial charge in [0.1, 0.15) is 5.75 Å². The summed E-state index contributed by atoms with van der Waals surface area (Å²) in [4.78, 5) is 23.1. The molecule has 0 atom stereocenters. The molecule has 0 aliphatic carbocycles. The number of carbonyl (C=O) groups is 2. The second kappa shape index (κ2) is 6.24. The van der Waals surface area contributed by atoms with E-state index in [1.165, 1.54) is 11.9 Å². The van der Waals surface area contributed by atoms with Crippen LogP contribution in [0.4, 0.5) is 4.79 Å². The van der Waals surface area contributed by atoms with Crippen molar-refractivity contribution in [1.29, 1.82) is 0 Å². The number of carbonyl (C=O) groups excluding carboxylic acids is 1. The highest BCUT2D eigenvalue weighted by molar-refractivity contribution is 9.10. The summed E-state index contributed by atoms with van der Waals surface area (Å²) in [6.07, 6.45) is -0.686. The standard InChI is InChI=1S/C11H12BrNO4/c1-13(6-5-10(14)15)11(16)17-9-4-2-3-8(12)7-9/h2-4,7H,5-6H2,1H3,(H,14,15). The third-order valence-corrected chi connectivity index (χ3v) is 2.47. The van der Waals surface area contributed by atoms with Crippen molar-refractivity contribution in [3.63, 3.8) is 0 Å². The summed E-state index contributed by atoms with van der Waals surface area (Å²) < 4.78 is 5.86. The number of halogens is 1. The Hall–Kier alpha value is -1.56. The molecule has 0 saturated heterocycles. The summed E-state index contributed by atoms with van der Waals surface area (Å²) in [5, 5.41) is 8.49. The van der Waals surface area contributed by atoms with E-state index in [2.05, 4.69) is 15.9 Å². The molecule has 0 bridgehead atoms. The van der Waals surface area contributed by atoms with Gasteiger partial charge in [-0.2, -0.15) is 0 Å². The molecule has 0 aliphatic heterocycles. The number of benzene rings is 1. The summed E-state index contributed by atoms with van der Waals surface area (Å²) in [6, 6.07) is 6.85. The van der Waals surface area contributed by atoms with Crippen molar-refractivity contribution in [3.05, 3.63) is 28.7 Å². The van der Waals surface area contributed by atoms with E-state index in [9.17, 15) is 9.59 Å². The number of ether oxygens (including phenoxy) is 1. The zero-order valence-electron chi connectivity index (χ0n) is 9.22. The highest BCUT2D eigenvalue weighted by atomic mass is 79.9. The number of hydrogen-bond donors (Lipinski definition) is 1. The highest BCUT2D eigenvalue weighted by Gasteiger charge is 2.12. The molecular formula is C11H12BrNO4. The van der Waals surface area contributed by atoms with E-state index < -0.39 is 12.1 Å². The Morgan fingerprint density at radius 2 is 2.18 bits per heavy atom. The molecule has 5 nitrogen and oxygen atoms in total. The summed E-state index contributed by atoms with van der Waals surface area (Å²) in [5.41, 5.74) is 0. The molecule has 6 heteroatoms. The maximum atomic E-state index is 11.5. The molecule has 0 aliphatic rings. The van der Waals surface area contributed by atoms with Crippen LogP contribution in [0.5, 0.6) is 5.75 Å². The number of hydrogen-bond acceptors (Lipinski definition) is 3. The van der Waals surface area contributed by atoms with Crippen LogP contribution in [0.3, 0.4) is 0 Å². The Morgan fingerprint density at radius 1 is 1.47 bits per heavy atom. The summed E-state index contributed by atoms with van der Waals surface area (Å²) in [5.74, 6) is -0.543. The van der Waals surface area contributed by atoms with Crippen molar-refractivity contribution in [2.75, 3.05) is 13.6 Å². The number of nitrogens with zero attached hydrogens (tertiary/aromatic N) is 1. The van der Waals surface area contributed by atoms with E-state index in [4.69, 9.17) is 9.84 Å². The number of amides is 1. The van der Waals surface area contributed by atoms with Gasteiger partial charge in [-0.1, -0.05) is 22.0 Å². The van der Waals surface area contributed by atoms with Gasteiger partial charge in [0.2, 0.25) is 0 Å². The second-order valence-electron chi connectivity index (χ2n) is 3.39. The molecule has 92 valence electrons. The van der Waals surface area contributed by atoms with Gasteiger partial charge < -0.3 is 14.7 Å². The fraction of sp³-hybridized carbons (Fsp3) is 0.273. The number of carboxylic acid groups (broad SMARTS) is 1. The van der Waals surface area contributed by atoms with Crippen LogP contribution in [0.15, 0.2) is 28.7 Å². The first kappa shape index (κ1) is 13.5. The molecule has 0 saturated carbocycles. The normalized spacial score (nSPS) is 9.76.